The first-order valence-electron chi connectivity index (χ1n) is 10.0. The molecule has 1 amide bonds. The van der Waals surface area contributed by atoms with Gasteiger partial charge in [0.25, 0.3) is 5.56 Å². The Kier molecular flexibility index (Phi) is 5.58. The van der Waals surface area contributed by atoms with E-state index in [1.54, 1.807) is 35.6 Å². The molecule has 0 N–H and O–H groups in total. The number of ether oxygens (including phenoxy) is 1. The minimum atomic E-state index is -0.184. The largest absolute Gasteiger partial charge is 0.481 e. The summed E-state index contributed by atoms with van der Waals surface area (Å²) in [5.41, 5.74) is 0.697. The van der Waals surface area contributed by atoms with E-state index in [2.05, 4.69) is 15.0 Å². The second-order valence-corrected chi connectivity index (χ2v) is 9.06. The smallest absolute Gasteiger partial charge is 0.263 e. The molecule has 1 aliphatic heterocycles. The van der Waals surface area contributed by atoms with Crippen molar-refractivity contribution in [3.63, 3.8) is 0 Å². The van der Waals surface area contributed by atoms with Crippen molar-refractivity contribution in [1.29, 1.82) is 0 Å². The number of anilines is 1. The third-order valence-corrected chi connectivity index (χ3v) is 7.18. The summed E-state index contributed by atoms with van der Waals surface area (Å²) in [7, 11) is 1.57. The molecule has 0 radical (unpaired) electrons. The molecule has 0 aliphatic carbocycles. The molecule has 0 saturated carbocycles. The lowest BCUT2D eigenvalue weighted by Crippen LogP contribution is -2.50. The third-order valence-electron chi connectivity index (χ3n) is 5.39. The highest BCUT2D eigenvalue weighted by Gasteiger charge is 2.24. The van der Waals surface area contributed by atoms with Crippen molar-refractivity contribution in [2.45, 2.75) is 6.54 Å². The van der Waals surface area contributed by atoms with E-state index in [0.29, 0.717) is 48.2 Å². The molecule has 4 aromatic rings. The van der Waals surface area contributed by atoms with Crippen LogP contribution in [0.4, 0.5) is 5.95 Å². The molecule has 164 valence electrons. The van der Waals surface area contributed by atoms with Crippen molar-refractivity contribution in [2.75, 3.05) is 38.2 Å². The molecule has 0 aromatic carbocycles. The monoisotopic (exact) mass is 468 g/mol. The van der Waals surface area contributed by atoms with Gasteiger partial charge in [0.05, 0.1) is 18.8 Å². The summed E-state index contributed by atoms with van der Waals surface area (Å²) in [5, 5.41) is 4.51. The van der Waals surface area contributed by atoms with Gasteiger partial charge < -0.3 is 14.5 Å². The molecule has 0 atom stereocenters. The molecular formula is C21H20N6O3S2. The van der Waals surface area contributed by atoms with Crippen LogP contribution in [0.1, 0.15) is 0 Å². The summed E-state index contributed by atoms with van der Waals surface area (Å²) in [5.74, 6) is 0.986. The summed E-state index contributed by atoms with van der Waals surface area (Å²) in [6.07, 6.45) is 3.13. The molecule has 0 bridgehead atoms. The van der Waals surface area contributed by atoms with E-state index in [9.17, 15) is 9.59 Å². The summed E-state index contributed by atoms with van der Waals surface area (Å²) in [6.45, 7) is 2.25. The van der Waals surface area contributed by atoms with Gasteiger partial charge in [0.2, 0.25) is 17.7 Å². The van der Waals surface area contributed by atoms with E-state index in [4.69, 9.17) is 4.74 Å². The van der Waals surface area contributed by atoms with E-state index < -0.39 is 0 Å². The van der Waals surface area contributed by atoms with Gasteiger partial charge in [0, 0.05) is 54.3 Å². The van der Waals surface area contributed by atoms with Gasteiger partial charge in [0.15, 0.2) is 0 Å². The normalized spacial score (nSPS) is 14.2. The number of methoxy groups -OCH3 is 1. The highest BCUT2D eigenvalue weighted by molar-refractivity contribution is 7.18. The lowest BCUT2D eigenvalue weighted by Gasteiger charge is -2.34. The van der Waals surface area contributed by atoms with E-state index >= 15 is 0 Å². The summed E-state index contributed by atoms with van der Waals surface area (Å²) in [6, 6.07) is 5.64. The van der Waals surface area contributed by atoms with Crippen molar-refractivity contribution < 1.29 is 9.53 Å². The molecule has 4 aromatic heterocycles. The molecule has 0 spiro atoms. The van der Waals surface area contributed by atoms with Gasteiger partial charge in [-0.1, -0.05) is 6.07 Å². The predicted molar refractivity (Wildman–Crippen MR) is 125 cm³/mol. The van der Waals surface area contributed by atoms with Gasteiger partial charge in [-0.3, -0.25) is 14.2 Å². The fourth-order valence-corrected chi connectivity index (χ4v) is 5.41. The van der Waals surface area contributed by atoms with Gasteiger partial charge in [-0.05, 0) is 11.4 Å². The first-order valence-corrected chi connectivity index (χ1v) is 11.8. The van der Waals surface area contributed by atoms with Crippen molar-refractivity contribution >= 4 is 44.7 Å². The second-order valence-electron chi connectivity index (χ2n) is 7.25. The topological polar surface area (TPSA) is 93.5 Å². The Morgan fingerprint density at radius 2 is 2.00 bits per heavy atom. The predicted octanol–water partition coefficient (Wildman–Crippen LogP) is 2.33. The molecule has 1 saturated heterocycles. The Labute approximate surface area is 191 Å². The van der Waals surface area contributed by atoms with Crippen LogP contribution < -0.4 is 15.2 Å². The third kappa shape index (κ3) is 3.84. The number of rotatable bonds is 5. The van der Waals surface area contributed by atoms with E-state index in [-0.39, 0.29) is 18.0 Å². The Hall–Kier alpha value is -3.31. The van der Waals surface area contributed by atoms with Crippen molar-refractivity contribution in [1.82, 2.24) is 24.4 Å². The quantitative estimate of drug-likeness (QED) is 0.444. The fourth-order valence-electron chi connectivity index (χ4n) is 3.69. The van der Waals surface area contributed by atoms with Crippen molar-refractivity contribution in [2.24, 2.45) is 0 Å². The maximum Gasteiger partial charge on any atom is 0.263 e. The zero-order valence-electron chi connectivity index (χ0n) is 17.3. The number of piperazine rings is 1. The van der Waals surface area contributed by atoms with E-state index in [0.717, 1.165) is 10.4 Å². The standard InChI is InChI=1S/C21H20N6O3S2/c1-30-16-4-5-22-21(24-16)26-8-6-25(7-9-26)17(28)11-27-13-23-19-18(20(27)29)14(12-32-19)15-3-2-10-31-15/h2-5,10,12-13H,6-9,11H2,1H3. The molecule has 5 rings (SSSR count). The summed E-state index contributed by atoms with van der Waals surface area (Å²) in [4.78, 5) is 44.6. The zero-order valence-corrected chi connectivity index (χ0v) is 18.9. The molecule has 1 aliphatic rings. The molecule has 11 heteroatoms. The highest BCUT2D eigenvalue weighted by Crippen LogP contribution is 2.33. The number of carbonyl (C=O) groups excluding carboxylic acids is 1. The molecule has 1 fully saturated rings. The average Bonchev–Trinajstić information content (AvgIpc) is 3.51. The number of fused-ring (bicyclic) bond motifs is 1. The SMILES string of the molecule is COc1ccnc(N2CCN(C(=O)Cn3cnc4scc(-c5cccs5)c4c3=O)CC2)n1. The number of thiophene rings is 2. The molecule has 9 nitrogen and oxygen atoms in total. The van der Waals surface area contributed by atoms with Crippen LogP contribution in [0.5, 0.6) is 5.88 Å². The number of amides is 1. The summed E-state index contributed by atoms with van der Waals surface area (Å²) < 4.78 is 6.57. The lowest BCUT2D eigenvalue weighted by molar-refractivity contribution is -0.132. The van der Waals surface area contributed by atoms with Crippen LogP contribution in [0, 0.1) is 0 Å². The van der Waals surface area contributed by atoms with Crippen LogP contribution >= 0.6 is 22.7 Å². The first-order chi connectivity index (χ1) is 15.6. The first kappa shape index (κ1) is 20.6. The van der Waals surface area contributed by atoms with Gasteiger partial charge in [-0.2, -0.15) is 4.98 Å². The number of aromatic nitrogens is 4. The van der Waals surface area contributed by atoms with E-state index in [1.165, 1.54) is 22.2 Å². The van der Waals surface area contributed by atoms with Crippen molar-refractivity contribution in [3.05, 3.63) is 51.8 Å². The minimum absolute atomic E-state index is 0.0306. The Balaban J connectivity index is 1.30. The number of hydrogen-bond donors (Lipinski definition) is 0. The minimum Gasteiger partial charge on any atom is -0.481 e. The Morgan fingerprint density at radius 1 is 1.16 bits per heavy atom. The lowest BCUT2D eigenvalue weighted by atomic mass is 10.2. The van der Waals surface area contributed by atoms with Gasteiger partial charge in [-0.25, -0.2) is 9.97 Å². The number of hydrogen-bond acceptors (Lipinski definition) is 9. The molecular weight excluding hydrogens is 448 g/mol. The molecule has 5 heterocycles. The summed E-state index contributed by atoms with van der Waals surface area (Å²) >= 11 is 3.02. The zero-order chi connectivity index (χ0) is 22.1. The van der Waals surface area contributed by atoms with Crippen LogP contribution in [0.15, 0.2) is 46.3 Å². The Bertz CT molecular complexity index is 1310. The molecule has 32 heavy (non-hydrogen) atoms. The van der Waals surface area contributed by atoms with Gasteiger partial charge in [0.1, 0.15) is 11.4 Å². The molecule has 0 unspecified atom stereocenters. The van der Waals surface area contributed by atoms with Crippen LogP contribution in [-0.4, -0.2) is 63.6 Å². The fraction of sp³-hybridized carbons (Fsp3) is 0.286. The Morgan fingerprint density at radius 3 is 2.75 bits per heavy atom. The maximum atomic E-state index is 13.1. The van der Waals surface area contributed by atoms with Crippen molar-refractivity contribution in [3.8, 4) is 16.3 Å². The van der Waals surface area contributed by atoms with Crippen LogP contribution in [0.2, 0.25) is 0 Å². The van der Waals surface area contributed by atoms with Crippen LogP contribution in [0.25, 0.3) is 20.7 Å². The average molecular weight is 469 g/mol. The van der Waals surface area contributed by atoms with Crippen LogP contribution in [0.3, 0.4) is 0 Å². The number of carbonyl (C=O) groups is 1. The second kappa shape index (κ2) is 8.67. The number of nitrogens with zero attached hydrogens (tertiary/aromatic N) is 6. The van der Waals surface area contributed by atoms with Gasteiger partial charge >= 0.3 is 0 Å². The highest BCUT2D eigenvalue weighted by atomic mass is 32.1. The van der Waals surface area contributed by atoms with Crippen LogP contribution in [-0.2, 0) is 11.3 Å². The van der Waals surface area contributed by atoms with Gasteiger partial charge in [-0.15, -0.1) is 22.7 Å². The van der Waals surface area contributed by atoms with E-state index in [1.807, 2.05) is 27.8 Å². The maximum absolute atomic E-state index is 13.1.